The quantitative estimate of drug-likeness (QED) is 0.557. The highest BCUT2D eigenvalue weighted by Gasteiger charge is 2.05. The molecular formula is C7H15NO2S. The minimum Gasteiger partial charge on any atom is -0.279 e. The molecule has 1 fully saturated rings. The van der Waals surface area contributed by atoms with Gasteiger partial charge in [-0.15, -0.1) is 0 Å². The second kappa shape index (κ2) is 6.37. The van der Waals surface area contributed by atoms with Crippen molar-refractivity contribution in [1.29, 1.82) is 0 Å². The van der Waals surface area contributed by atoms with Crippen LogP contribution in [0.15, 0.2) is 0 Å². The molecule has 0 aromatic rings. The molecule has 0 aromatic heterocycles. The zero-order valence-corrected chi connectivity index (χ0v) is 7.87. The predicted octanol–water partition coefficient (Wildman–Crippen LogP) is 0.795. The van der Waals surface area contributed by atoms with E-state index in [0.29, 0.717) is 11.4 Å². The third-order valence-electron chi connectivity index (χ3n) is 1.35. The maximum Gasteiger partial charge on any atom is 0.228 e. The molecule has 0 radical (unpaired) electrons. The average Bonchev–Trinajstić information content (AvgIpc) is 2.10. The first-order valence-electron chi connectivity index (χ1n) is 3.99. The van der Waals surface area contributed by atoms with Crippen molar-refractivity contribution in [2.45, 2.75) is 33.1 Å². The Bertz CT molecular complexity index is 203. The lowest BCUT2D eigenvalue weighted by Gasteiger charge is -2.09. The molecule has 0 bridgehead atoms. The van der Waals surface area contributed by atoms with Crippen molar-refractivity contribution in [3.63, 3.8) is 0 Å². The highest BCUT2D eigenvalue weighted by molar-refractivity contribution is 7.72. The molecule has 0 amide bonds. The second-order valence-corrected chi connectivity index (χ2v) is 3.00. The first-order chi connectivity index (χ1) is 5.30. The van der Waals surface area contributed by atoms with E-state index in [-0.39, 0.29) is 0 Å². The largest absolute Gasteiger partial charge is 0.279 e. The van der Waals surface area contributed by atoms with Gasteiger partial charge in [0.2, 0.25) is 10.3 Å². The topological polar surface area (TPSA) is 46.2 Å². The summed E-state index contributed by atoms with van der Waals surface area (Å²) in [7, 11) is -2.00. The number of hydrogen-bond donors (Lipinski definition) is 1. The van der Waals surface area contributed by atoms with Gasteiger partial charge in [-0.25, -0.2) is 0 Å². The number of rotatable bonds is 0. The molecule has 1 aliphatic heterocycles. The van der Waals surface area contributed by atoms with Gasteiger partial charge in [-0.2, -0.15) is 8.42 Å². The fraction of sp³-hybridized carbons (Fsp3) is 0.857. The van der Waals surface area contributed by atoms with Gasteiger partial charge < -0.3 is 0 Å². The van der Waals surface area contributed by atoms with Crippen LogP contribution in [0.2, 0.25) is 0 Å². The Labute approximate surface area is 69.3 Å². The van der Waals surface area contributed by atoms with E-state index >= 15 is 0 Å². The first-order valence-corrected chi connectivity index (χ1v) is 5.07. The van der Waals surface area contributed by atoms with Gasteiger partial charge in [0.05, 0.1) is 0 Å². The second-order valence-electron chi connectivity index (χ2n) is 2.04. The van der Waals surface area contributed by atoms with E-state index < -0.39 is 10.3 Å². The highest BCUT2D eigenvalue weighted by Crippen LogP contribution is 1.99. The van der Waals surface area contributed by atoms with Crippen LogP contribution in [0.3, 0.4) is 0 Å². The molecule has 1 aliphatic rings. The number of nitrogens with one attached hydrogen (secondary N) is 1. The van der Waals surface area contributed by atoms with Crippen molar-refractivity contribution in [3.8, 4) is 0 Å². The molecule has 0 aliphatic carbocycles. The molecule has 4 heteroatoms. The fourth-order valence-corrected chi connectivity index (χ4v) is 1.40. The van der Waals surface area contributed by atoms with Crippen LogP contribution in [-0.4, -0.2) is 20.0 Å². The summed E-state index contributed by atoms with van der Waals surface area (Å²) in [6, 6.07) is 0. The molecular weight excluding hydrogens is 162 g/mol. The van der Waals surface area contributed by atoms with Gasteiger partial charge in [-0.3, -0.25) is 5.32 Å². The summed E-state index contributed by atoms with van der Waals surface area (Å²) in [5.74, 6) is 0. The van der Waals surface area contributed by atoms with Crippen molar-refractivity contribution < 1.29 is 8.42 Å². The van der Waals surface area contributed by atoms with E-state index in [1.54, 1.807) is 0 Å². The summed E-state index contributed by atoms with van der Waals surface area (Å²) < 4.78 is 20.5. The van der Waals surface area contributed by atoms with E-state index in [9.17, 15) is 8.42 Å². The molecule has 1 saturated heterocycles. The Hall–Kier alpha value is -0.350. The SMILES string of the molecule is CC.O=S(=O)=C1CCCCN1. The zero-order chi connectivity index (χ0) is 8.69. The molecule has 11 heavy (non-hydrogen) atoms. The van der Waals surface area contributed by atoms with Crippen molar-refractivity contribution in [3.05, 3.63) is 0 Å². The molecule has 0 aromatic carbocycles. The monoisotopic (exact) mass is 177 g/mol. The van der Waals surface area contributed by atoms with Crippen molar-refractivity contribution in [2.24, 2.45) is 0 Å². The molecule has 0 unspecified atom stereocenters. The standard InChI is InChI=1S/C5H9NO2S.C2H6/c7-9(8)5-3-1-2-4-6-5;1-2/h6H,1-4H2;1-2H3. The van der Waals surface area contributed by atoms with E-state index in [0.717, 1.165) is 19.4 Å². The van der Waals surface area contributed by atoms with Crippen LogP contribution in [0.1, 0.15) is 33.1 Å². The van der Waals surface area contributed by atoms with Crippen molar-refractivity contribution >= 4 is 15.3 Å². The summed E-state index contributed by atoms with van der Waals surface area (Å²) in [6.07, 6.45) is 2.77. The van der Waals surface area contributed by atoms with Crippen LogP contribution in [0.25, 0.3) is 0 Å². The molecule has 1 N–H and O–H groups in total. The Morgan fingerprint density at radius 1 is 1.27 bits per heavy atom. The van der Waals surface area contributed by atoms with Gasteiger partial charge in [0, 0.05) is 6.54 Å². The molecule has 1 heterocycles. The first kappa shape index (κ1) is 10.7. The molecule has 1 rings (SSSR count). The molecule has 66 valence electrons. The van der Waals surface area contributed by atoms with E-state index in [1.807, 2.05) is 13.8 Å². The summed E-state index contributed by atoms with van der Waals surface area (Å²) in [4.78, 5) is 0.473. The van der Waals surface area contributed by atoms with Gasteiger partial charge in [0.15, 0.2) is 0 Å². The van der Waals surface area contributed by atoms with E-state index in [1.165, 1.54) is 0 Å². The lowest BCUT2D eigenvalue weighted by molar-refractivity contribution is 0.621. The fourth-order valence-electron chi connectivity index (χ4n) is 0.869. The predicted molar refractivity (Wildman–Crippen MR) is 47.1 cm³/mol. The average molecular weight is 177 g/mol. The Balaban J connectivity index is 0.000000461. The summed E-state index contributed by atoms with van der Waals surface area (Å²) in [5.41, 5.74) is 0. The van der Waals surface area contributed by atoms with Gasteiger partial charge in [0.25, 0.3) is 0 Å². The van der Waals surface area contributed by atoms with Crippen molar-refractivity contribution in [2.75, 3.05) is 6.54 Å². The lowest BCUT2D eigenvalue weighted by atomic mass is 10.2. The Morgan fingerprint density at radius 3 is 2.18 bits per heavy atom. The normalized spacial score (nSPS) is 16.7. The molecule has 0 spiro atoms. The van der Waals surface area contributed by atoms with Gasteiger partial charge in [-0.1, -0.05) is 13.8 Å². The van der Waals surface area contributed by atoms with E-state index in [4.69, 9.17) is 0 Å². The summed E-state index contributed by atoms with van der Waals surface area (Å²) in [6.45, 7) is 4.81. The van der Waals surface area contributed by atoms with Crippen LogP contribution in [-0.2, 0) is 10.3 Å². The number of hydrogen-bond acceptors (Lipinski definition) is 2. The van der Waals surface area contributed by atoms with Gasteiger partial charge in [-0.05, 0) is 19.3 Å². The third kappa shape index (κ3) is 4.16. The van der Waals surface area contributed by atoms with Gasteiger partial charge >= 0.3 is 0 Å². The summed E-state index contributed by atoms with van der Waals surface area (Å²) in [5, 5.41) is 2.82. The number of piperidine rings is 1. The minimum atomic E-state index is -2.00. The maximum atomic E-state index is 10.3. The lowest BCUT2D eigenvalue weighted by Crippen LogP contribution is -2.29. The Morgan fingerprint density at radius 2 is 1.91 bits per heavy atom. The van der Waals surface area contributed by atoms with Gasteiger partial charge in [0.1, 0.15) is 4.99 Å². The smallest absolute Gasteiger partial charge is 0.228 e. The molecule has 3 nitrogen and oxygen atoms in total. The van der Waals surface area contributed by atoms with Crippen molar-refractivity contribution in [1.82, 2.24) is 5.32 Å². The van der Waals surface area contributed by atoms with Crippen LogP contribution in [0, 0.1) is 0 Å². The maximum absolute atomic E-state index is 10.3. The van der Waals surface area contributed by atoms with Crippen LogP contribution >= 0.6 is 0 Å². The molecule has 0 atom stereocenters. The van der Waals surface area contributed by atoms with E-state index in [2.05, 4.69) is 5.32 Å². The van der Waals surface area contributed by atoms with Crippen LogP contribution in [0.5, 0.6) is 0 Å². The summed E-state index contributed by atoms with van der Waals surface area (Å²) >= 11 is 0. The molecule has 0 saturated carbocycles. The van der Waals surface area contributed by atoms with Crippen LogP contribution in [0.4, 0.5) is 0 Å². The third-order valence-corrected chi connectivity index (χ3v) is 2.10. The van der Waals surface area contributed by atoms with Crippen LogP contribution < -0.4 is 5.32 Å². The Kier molecular flexibility index (Phi) is 6.16. The highest BCUT2D eigenvalue weighted by atomic mass is 32.2. The minimum absolute atomic E-state index is 0.473. The zero-order valence-electron chi connectivity index (χ0n) is 7.05.